The summed E-state index contributed by atoms with van der Waals surface area (Å²) < 4.78 is 0. The van der Waals surface area contributed by atoms with E-state index < -0.39 is 5.97 Å². The minimum atomic E-state index is -0.584. The largest absolute Gasteiger partial charge is 0.481 e. The van der Waals surface area contributed by atoms with Crippen LogP contribution in [0.3, 0.4) is 0 Å². The molecule has 0 bridgehead atoms. The fourth-order valence-electron chi connectivity index (χ4n) is 3.43. The summed E-state index contributed by atoms with van der Waals surface area (Å²) in [6, 6.07) is 0.446. The van der Waals surface area contributed by atoms with E-state index >= 15 is 0 Å². The van der Waals surface area contributed by atoms with Crippen molar-refractivity contribution in [3.8, 4) is 0 Å². The van der Waals surface area contributed by atoms with E-state index in [1.54, 1.807) is 0 Å². The number of carboxylic acid groups (broad SMARTS) is 1. The van der Waals surface area contributed by atoms with Gasteiger partial charge in [-0.3, -0.25) is 4.79 Å². The third-order valence-electron chi connectivity index (χ3n) is 4.10. The molecule has 0 saturated heterocycles. The van der Waals surface area contributed by atoms with Gasteiger partial charge in [-0.15, -0.1) is 0 Å². The highest BCUT2D eigenvalue weighted by atomic mass is 16.4. The van der Waals surface area contributed by atoms with Gasteiger partial charge in [0.05, 0.1) is 5.92 Å². The summed E-state index contributed by atoms with van der Waals surface area (Å²) >= 11 is 0. The summed E-state index contributed by atoms with van der Waals surface area (Å²) in [7, 11) is 1.96. The van der Waals surface area contributed by atoms with Gasteiger partial charge < -0.3 is 10.4 Å². The standard InChI is InChI=1S/C11H19NO2/c1-12-10-6-9(11(13)14)7-4-2-3-5-8(7)10/h7-10,12H,2-6H2,1H3,(H,13,14). The van der Waals surface area contributed by atoms with Crippen molar-refractivity contribution in [2.45, 2.75) is 38.1 Å². The number of nitrogens with one attached hydrogen (secondary N) is 1. The topological polar surface area (TPSA) is 49.3 Å². The zero-order valence-corrected chi connectivity index (χ0v) is 8.70. The normalized spacial score (nSPS) is 42.1. The quantitative estimate of drug-likeness (QED) is 0.705. The lowest BCUT2D eigenvalue weighted by Gasteiger charge is -2.30. The van der Waals surface area contributed by atoms with Crippen LogP contribution in [0.5, 0.6) is 0 Å². The van der Waals surface area contributed by atoms with Gasteiger partial charge in [0.1, 0.15) is 0 Å². The fraction of sp³-hybridized carbons (Fsp3) is 0.909. The number of hydrogen-bond donors (Lipinski definition) is 2. The molecule has 2 saturated carbocycles. The first kappa shape index (κ1) is 9.97. The van der Waals surface area contributed by atoms with E-state index in [4.69, 9.17) is 5.11 Å². The molecular formula is C11H19NO2. The Hall–Kier alpha value is -0.570. The second-order valence-corrected chi connectivity index (χ2v) is 4.69. The van der Waals surface area contributed by atoms with Crippen LogP contribution in [0, 0.1) is 17.8 Å². The first-order valence-electron chi connectivity index (χ1n) is 5.64. The van der Waals surface area contributed by atoms with Crippen molar-refractivity contribution in [3.63, 3.8) is 0 Å². The van der Waals surface area contributed by atoms with Crippen LogP contribution < -0.4 is 5.32 Å². The maximum absolute atomic E-state index is 11.1. The van der Waals surface area contributed by atoms with Crippen LogP contribution in [0.2, 0.25) is 0 Å². The van der Waals surface area contributed by atoms with Crippen molar-refractivity contribution in [1.29, 1.82) is 0 Å². The second-order valence-electron chi connectivity index (χ2n) is 4.69. The van der Waals surface area contributed by atoms with Gasteiger partial charge in [-0.1, -0.05) is 12.8 Å². The lowest BCUT2D eigenvalue weighted by Crippen LogP contribution is -2.32. The first-order valence-corrected chi connectivity index (χ1v) is 5.64. The first-order chi connectivity index (χ1) is 6.74. The molecule has 3 nitrogen and oxygen atoms in total. The summed E-state index contributed by atoms with van der Waals surface area (Å²) in [5.74, 6) is 0.394. The number of rotatable bonds is 2. The van der Waals surface area contributed by atoms with Crippen molar-refractivity contribution < 1.29 is 9.90 Å². The lowest BCUT2D eigenvalue weighted by molar-refractivity contribution is -0.143. The van der Waals surface area contributed by atoms with Gasteiger partial charge in [-0.25, -0.2) is 0 Å². The number of carboxylic acids is 1. The molecule has 2 rings (SSSR count). The smallest absolute Gasteiger partial charge is 0.306 e. The van der Waals surface area contributed by atoms with E-state index in [2.05, 4.69) is 5.32 Å². The van der Waals surface area contributed by atoms with Crippen LogP contribution in [-0.2, 0) is 4.79 Å². The van der Waals surface area contributed by atoms with Gasteiger partial charge in [-0.2, -0.15) is 0 Å². The Labute approximate surface area is 84.9 Å². The maximum atomic E-state index is 11.1. The molecule has 0 heterocycles. The maximum Gasteiger partial charge on any atom is 0.306 e. The molecule has 80 valence electrons. The zero-order chi connectivity index (χ0) is 10.1. The third-order valence-corrected chi connectivity index (χ3v) is 4.10. The van der Waals surface area contributed by atoms with Crippen LogP contribution in [0.15, 0.2) is 0 Å². The van der Waals surface area contributed by atoms with Gasteiger partial charge in [-0.05, 0) is 38.1 Å². The molecule has 4 unspecified atom stereocenters. The number of carbonyl (C=O) groups is 1. The number of fused-ring (bicyclic) bond motifs is 1. The zero-order valence-electron chi connectivity index (χ0n) is 8.70. The molecule has 2 fully saturated rings. The molecule has 0 amide bonds. The summed E-state index contributed by atoms with van der Waals surface area (Å²) in [5.41, 5.74) is 0. The van der Waals surface area contributed by atoms with Gasteiger partial charge >= 0.3 is 5.97 Å². The minimum absolute atomic E-state index is 0.0854. The molecule has 2 aliphatic rings. The minimum Gasteiger partial charge on any atom is -0.481 e. The fourth-order valence-corrected chi connectivity index (χ4v) is 3.43. The predicted octanol–water partition coefficient (Wildman–Crippen LogP) is 1.49. The molecule has 0 radical (unpaired) electrons. The monoisotopic (exact) mass is 197 g/mol. The van der Waals surface area contributed by atoms with Gasteiger partial charge in [0.25, 0.3) is 0 Å². The van der Waals surface area contributed by atoms with Gasteiger partial charge in [0.15, 0.2) is 0 Å². The van der Waals surface area contributed by atoms with Gasteiger partial charge in [0, 0.05) is 6.04 Å². The molecule has 2 N–H and O–H groups in total. The van der Waals surface area contributed by atoms with Crippen molar-refractivity contribution in [2.24, 2.45) is 17.8 Å². The molecule has 0 aromatic carbocycles. The molecule has 2 aliphatic carbocycles. The Balaban J connectivity index is 2.12. The highest BCUT2D eigenvalue weighted by Crippen LogP contribution is 2.45. The van der Waals surface area contributed by atoms with E-state index in [0.29, 0.717) is 17.9 Å². The average Bonchev–Trinajstić information content (AvgIpc) is 2.56. The Morgan fingerprint density at radius 1 is 1.29 bits per heavy atom. The molecule has 0 aliphatic heterocycles. The molecule has 0 aromatic rings. The van der Waals surface area contributed by atoms with Gasteiger partial charge in [0.2, 0.25) is 0 Å². The van der Waals surface area contributed by atoms with E-state index in [1.807, 2.05) is 7.05 Å². The van der Waals surface area contributed by atoms with E-state index in [1.165, 1.54) is 19.3 Å². The van der Waals surface area contributed by atoms with E-state index in [9.17, 15) is 4.79 Å². The number of aliphatic carboxylic acids is 1. The molecule has 3 heteroatoms. The van der Waals surface area contributed by atoms with Crippen molar-refractivity contribution in [1.82, 2.24) is 5.32 Å². The predicted molar refractivity (Wildman–Crippen MR) is 54.0 cm³/mol. The third kappa shape index (κ3) is 1.54. The SMILES string of the molecule is CNC1CC(C(=O)O)C2CCCCC12. The van der Waals surface area contributed by atoms with E-state index in [-0.39, 0.29) is 5.92 Å². The summed E-state index contributed by atoms with van der Waals surface area (Å²) in [6.07, 6.45) is 5.69. The van der Waals surface area contributed by atoms with Crippen molar-refractivity contribution in [2.75, 3.05) is 7.05 Å². The van der Waals surface area contributed by atoms with Crippen molar-refractivity contribution >= 4 is 5.97 Å². The average molecular weight is 197 g/mol. The van der Waals surface area contributed by atoms with Crippen LogP contribution >= 0.6 is 0 Å². The summed E-state index contributed by atoms with van der Waals surface area (Å²) in [4.78, 5) is 11.1. The number of hydrogen-bond acceptors (Lipinski definition) is 2. The molecule has 4 atom stereocenters. The Morgan fingerprint density at radius 3 is 2.50 bits per heavy atom. The summed E-state index contributed by atoms with van der Waals surface area (Å²) in [6.45, 7) is 0. The van der Waals surface area contributed by atoms with E-state index in [0.717, 1.165) is 12.8 Å². The Bertz CT molecular complexity index is 229. The lowest BCUT2D eigenvalue weighted by atomic mass is 9.77. The van der Waals surface area contributed by atoms with Crippen LogP contribution in [0.1, 0.15) is 32.1 Å². The highest BCUT2D eigenvalue weighted by molar-refractivity contribution is 5.71. The Morgan fingerprint density at radius 2 is 1.93 bits per heavy atom. The van der Waals surface area contributed by atoms with Crippen LogP contribution in [0.4, 0.5) is 0 Å². The molecule has 0 aromatic heterocycles. The molecule has 0 spiro atoms. The van der Waals surface area contributed by atoms with Crippen molar-refractivity contribution in [3.05, 3.63) is 0 Å². The van der Waals surface area contributed by atoms with Crippen LogP contribution in [-0.4, -0.2) is 24.2 Å². The highest BCUT2D eigenvalue weighted by Gasteiger charge is 2.46. The summed E-state index contributed by atoms with van der Waals surface area (Å²) in [5, 5.41) is 12.4. The molecule has 14 heavy (non-hydrogen) atoms. The Kier molecular flexibility index (Phi) is 2.77. The second kappa shape index (κ2) is 3.89. The molecular weight excluding hydrogens is 178 g/mol. The van der Waals surface area contributed by atoms with Crippen LogP contribution in [0.25, 0.3) is 0 Å².